The Balaban J connectivity index is 2.47. The van der Waals surface area contributed by atoms with Crippen LogP contribution in [0.15, 0.2) is 18.2 Å². The first-order chi connectivity index (χ1) is 8.67. The Morgan fingerprint density at radius 2 is 2.17 bits per heavy atom. The normalized spacial score (nSPS) is 9.89. The van der Waals surface area contributed by atoms with Crippen LogP contribution in [0.1, 0.15) is 20.3 Å². The minimum absolute atomic E-state index is 0.0467. The molecule has 1 amide bonds. The number of nitrogen functional groups attached to an aromatic ring is 1. The van der Waals surface area contributed by atoms with Crippen molar-refractivity contribution in [3.63, 3.8) is 0 Å². The van der Waals surface area contributed by atoms with E-state index in [1.54, 1.807) is 6.07 Å². The molecule has 4 N–H and O–H groups in total. The summed E-state index contributed by atoms with van der Waals surface area (Å²) in [6, 6.07) is 5.51. The van der Waals surface area contributed by atoms with Gasteiger partial charge in [0.1, 0.15) is 5.75 Å². The van der Waals surface area contributed by atoms with Crippen molar-refractivity contribution in [3.8, 4) is 5.75 Å². The van der Waals surface area contributed by atoms with Crippen LogP contribution in [0.4, 0.5) is 11.4 Å². The van der Waals surface area contributed by atoms with Crippen molar-refractivity contribution in [1.82, 2.24) is 5.32 Å². The molecule has 0 spiro atoms. The van der Waals surface area contributed by atoms with E-state index in [9.17, 15) is 4.79 Å². The van der Waals surface area contributed by atoms with Gasteiger partial charge in [0.25, 0.3) is 0 Å². The lowest BCUT2D eigenvalue weighted by Crippen LogP contribution is -2.24. The van der Waals surface area contributed by atoms with E-state index in [4.69, 9.17) is 10.5 Å². The molecule has 0 aliphatic rings. The van der Waals surface area contributed by atoms with Crippen LogP contribution in [0.5, 0.6) is 5.75 Å². The van der Waals surface area contributed by atoms with Gasteiger partial charge in [-0.25, -0.2) is 0 Å². The highest BCUT2D eigenvalue weighted by Crippen LogP contribution is 2.25. The van der Waals surface area contributed by atoms with Crippen molar-refractivity contribution in [2.45, 2.75) is 20.3 Å². The number of amides is 1. The Labute approximate surface area is 108 Å². The van der Waals surface area contributed by atoms with Gasteiger partial charge in [-0.3, -0.25) is 4.79 Å². The average Bonchev–Trinajstić information content (AvgIpc) is 2.34. The zero-order valence-corrected chi connectivity index (χ0v) is 11.0. The number of rotatable bonds is 7. The fraction of sp³-hybridized carbons (Fsp3) is 0.462. The lowest BCUT2D eigenvalue weighted by atomic mass is 10.2. The monoisotopic (exact) mass is 251 g/mol. The van der Waals surface area contributed by atoms with Gasteiger partial charge in [-0.15, -0.1) is 0 Å². The molecule has 5 nitrogen and oxygen atoms in total. The molecule has 100 valence electrons. The van der Waals surface area contributed by atoms with Crippen LogP contribution in [-0.4, -0.2) is 25.6 Å². The predicted molar refractivity (Wildman–Crippen MR) is 73.8 cm³/mol. The SMILES string of the molecule is CCNC(=O)CCNc1ccc(N)c(OCC)c1. The van der Waals surface area contributed by atoms with Crippen LogP contribution in [0.2, 0.25) is 0 Å². The van der Waals surface area contributed by atoms with Crippen LogP contribution in [-0.2, 0) is 4.79 Å². The molecule has 0 unspecified atom stereocenters. The van der Waals surface area contributed by atoms with Crippen LogP contribution in [0.3, 0.4) is 0 Å². The van der Waals surface area contributed by atoms with E-state index in [-0.39, 0.29) is 5.91 Å². The van der Waals surface area contributed by atoms with Crippen LogP contribution >= 0.6 is 0 Å². The van der Waals surface area contributed by atoms with Crippen molar-refractivity contribution in [2.75, 3.05) is 30.7 Å². The number of benzene rings is 1. The highest BCUT2D eigenvalue weighted by molar-refractivity contribution is 5.76. The molecule has 0 radical (unpaired) electrons. The third kappa shape index (κ3) is 4.53. The molecule has 1 rings (SSSR count). The number of carbonyl (C=O) groups is 1. The zero-order valence-electron chi connectivity index (χ0n) is 11.0. The summed E-state index contributed by atoms with van der Waals surface area (Å²) >= 11 is 0. The first kappa shape index (κ1) is 14.2. The van der Waals surface area contributed by atoms with Gasteiger partial charge in [0.15, 0.2) is 0 Å². The van der Waals surface area contributed by atoms with Crippen molar-refractivity contribution in [1.29, 1.82) is 0 Å². The van der Waals surface area contributed by atoms with Gasteiger partial charge in [-0.2, -0.15) is 0 Å². The lowest BCUT2D eigenvalue weighted by molar-refractivity contribution is -0.120. The molecule has 0 aliphatic heterocycles. The minimum atomic E-state index is 0.0467. The Morgan fingerprint density at radius 3 is 2.83 bits per heavy atom. The van der Waals surface area contributed by atoms with Crippen molar-refractivity contribution >= 4 is 17.3 Å². The fourth-order valence-electron chi connectivity index (χ4n) is 1.53. The van der Waals surface area contributed by atoms with E-state index in [1.807, 2.05) is 26.0 Å². The maximum Gasteiger partial charge on any atom is 0.221 e. The van der Waals surface area contributed by atoms with E-state index < -0.39 is 0 Å². The minimum Gasteiger partial charge on any atom is -0.492 e. The molecule has 18 heavy (non-hydrogen) atoms. The molecule has 0 aromatic heterocycles. The Hall–Kier alpha value is -1.91. The molecule has 0 fully saturated rings. The molecule has 0 bridgehead atoms. The molecular weight excluding hydrogens is 230 g/mol. The van der Waals surface area contributed by atoms with Crippen molar-refractivity contribution < 1.29 is 9.53 Å². The first-order valence-corrected chi connectivity index (χ1v) is 6.20. The Morgan fingerprint density at radius 1 is 1.39 bits per heavy atom. The summed E-state index contributed by atoms with van der Waals surface area (Å²) in [6.07, 6.45) is 0.447. The number of nitrogens with two attached hydrogens (primary N) is 1. The summed E-state index contributed by atoms with van der Waals surface area (Å²) in [5, 5.41) is 5.91. The summed E-state index contributed by atoms with van der Waals surface area (Å²) in [5.41, 5.74) is 7.29. The fourth-order valence-corrected chi connectivity index (χ4v) is 1.53. The number of hydrogen-bond acceptors (Lipinski definition) is 4. The topological polar surface area (TPSA) is 76.4 Å². The molecule has 0 heterocycles. The molecule has 5 heteroatoms. The quantitative estimate of drug-likeness (QED) is 0.643. The lowest BCUT2D eigenvalue weighted by Gasteiger charge is -2.11. The molecule has 0 saturated carbocycles. The zero-order chi connectivity index (χ0) is 13.4. The van der Waals surface area contributed by atoms with E-state index >= 15 is 0 Å². The first-order valence-electron chi connectivity index (χ1n) is 6.20. The number of carbonyl (C=O) groups excluding carboxylic acids is 1. The summed E-state index contributed by atoms with van der Waals surface area (Å²) in [7, 11) is 0. The van der Waals surface area contributed by atoms with Crippen LogP contribution in [0.25, 0.3) is 0 Å². The highest BCUT2D eigenvalue weighted by Gasteiger charge is 2.03. The van der Waals surface area contributed by atoms with Gasteiger partial charge in [-0.1, -0.05) is 0 Å². The Kier molecular flexibility index (Phi) is 5.84. The van der Waals surface area contributed by atoms with Gasteiger partial charge in [0.2, 0.25) is 5.91 Å². The van der Waals surface area contributed by atoms with Gasteiger partial charge < -0.3 is 21.1 Å². The van der Waals surface area contributed by atoms with Crippen LogP contribution < -0.4 is 21.1 Å². The number of ether oxygens (including phenoxy) is 1. The van der Waals surface area contributed by atoms with Gasteiger partial charge >= 0.3 is 0 Å². The molecule has 0 atom stereocenters. The second kappa shape index (κ2) is 7.42. The maximum absolute atomic E-state index is 11.3. The molecule has 1 aromatic rings. The van der Waals surface area contributed by atoms with E-state index in [2.05, 4.69) is 10.6 Å². The summed E-state index contributed by atoms with van der Waals surface area (Å²) in [4.78, 5) is 11.3. The van der Waals surface area contributed by atoms with Crippen LogP contribution in [0, 0.1) is 0 Å². The summed E-state index contributed by atoms with van der Waals surface area (Å²) in [5.74, 6) is 0.714. The second-order valence-corrected chi connectivity index (χ2v) is 3.82. The van der Waals surface area contributed by atoms with Gasteiger partial charge in [0.05, 0.1) is 12.3 Å². The molecule has 1 aromatic carbocycles. The van der Waals surface area contributed by atoms with Crippen molar-refractivity contribution in [2.24, 2.45) is 0 Å². The van der Waals surface area contributed by atoms with Gasteiger partial charge in [-0.05, 0) is 26.0 Å². The third-order valence-electron chi connectivity index (χ3n) is 2.37. The maximum atomic E-state index is 11.3. The standard InChI is InChI=1S/C13H21N3O2/c1-3-15-13(17)7-8-16-10-5-6-11(14)12(9-10)18-4-2/h5-6,9,16H,3-4,7-8,14H2,1-2H3,(H,15,17). The average molecular weight is 251 g/mol. The Bertz CT molecular complexity index is 394. The predicted octanol–water partition coefficient (Wildman–Crippen LogP) is 1.61. The summed E-state index contributed by atoms with van der Waals surface area (Å²) in [6.45, 7) is 5.64. The largest absolute Gasteiger partial charge is 0.492 e. The smallest absolute Gasteiger partial charge is 0.221 e. The van der Waals surface area contributed by atoms with Crippen molar-refractivity contribution in [3.05, 3.63) is 18.2 Å². The number of nitrogens with one attached hydrogen (secondary N) is 2. The molecule has 0 saturated heterocycles. The third-order valence-corrected chi connectivity index (χ3v) is 2.37. The van der Waals surface area contributed by atoms with E-state index in [0.717, 1.165) is 5.69 Å². The molecule has 0 aliphatic carbocycles. The van der Waals surface area contributed by atoms with E-state index in [0.29, 0.717) is 37.6 Å². The number of hydrogen-bond donors (Lipinski definition) is 3. The van der Waals surface area contributed by atoms with Gasteiger partial charge in [0, 0.05) is 31.3 Å². The number of anilines is 2. The highest BCUT2D eigenvalue weighted by atomic mass is 16.5. The molecular formula is C13H21N3O2. The van der Waals surface area contributed by atoms with E-state index in [1.165, 1.54) is 0 Å². The second-order valence-electron chi connectivity index (χ2n) is 3.82. The summed E-state index contributed by atoms with van der Waals surface area (Å²) < 4.78 is 5.40.